The molecule has 0 radical (unpaired) electrons. The van der Waals surface area contributed by atoms with E-state index < -0.39 is 50.7 Å². The Bertz CT molecular complexity index is 2520. The molecule has 2 aliphatic rings. The number of benzene rings is 3. The number of aromatic amines is 1. The number of H-pyrrole nitrogens is 1. The van der Waals surface area contributed by atoms with E-state index in [-0.39, 0.29) is 48.8 Å². The summed E-state index contributed by atoms with van der Waals surface area (Å²) in [5.41, 5.74) is 1.44. The number of alkyl halides is 4. The van der Waals surface area contributed by atoms with E-state index in [1.54, 1.807) is 24.3 Å². The molecule has 2 aromatic heterocycles. The maximum Gasteiger partial charge on any atom is 0.421 e. The van der Waals surface area contributed by atoms with Crippen LogP contribution in [-0.2, 0) is 20.9 Å². The maximum atomic E-state index is 15.1. The molecule has 4 N–H and O–H groups in total. The monoisotopic (exact) mass is 884 g/mol. The molecular weight excluding hydrogens is 840 g/mol. The van der Waals surface area contributed by atoms with Crippen molar-refractivity contribution in [2.24, 2.45) is 5.41 Å². The van der Waals surface area contributed by atoms with Crippen molar-refractivity contribution in [2.45, 2.75) is 62.7 Å². The van der Waals surface area contributed by atoms with Gasteiger partial charge in [0.1, 0.15) is 34.2 Å². The number of nitrogens with one attached hydrogen (secondary N) is 4. The Morgan fingerprint density at radius 2 is 1.75 bits per heavy atom. The third kappa shape index (κ3) is 10.8. The summed E-state index contributed by atoms with van der Waals surface area (Å²) < 4.78 is 103. The molecule has 0 saturated carbocycles. The first-order valence-electron chi connectivity index (χ1n) is 19.7. The molecule has 5 aromatic rings. The van der Waals surface area contributed by atoms with E-state index in [4.69, 9.17) is 25.8 Å². The molecule has 1 amide bonds. The average molecular weight is 885 g/mol. The molecule has 3 aromatic carbocycles. The molecule has 0 atom stereocenters. The molecule has 1 fully saturated rings. The highest BCUT2D eigenvalue weighted by Crippen LogP contribution is 2.43. The number of anilines is 1. The van der Waals surface area contributed by atoms with Crippen LogP contribution in [0.15, 0.2) is 89.6 Å². The number of carbonyl (C=O) groups is 1. The van der Waals surface area contributed by atoms with Crippen molar-refractivity contribution in [1.82, 2.24) is 25.2 Å². The molecular formula is C43H45ClF4N6O6S. The fourth-order valence-corrected chi connectivity index (χ4v) is 8.35. The van der Waals surface area contributed by atoms with Gasteiger partial charge in [0.2, 0.25) is 5.88 Å². The van der Waals surface area contributed by atoms with Crippen LogP contribution in [-0.4, -0.2) is 74.6 Å². The Morgan fingerprint density at radius 1 is 0.984 bits per heavy atom. The number of rotatable bonds is 15. The second kappa shape index (κ2) is 18.0. The first-order chi connectivity index (χ1) is 29.0. The Labute approximate surface area is 355 Å². The summed E-state index contributed by atoms with van der Waals surface area (Å²) >= 11 is 6.17. The summed E-state index contributed by atoms with van der Waals surface area (Å²) in [6, 6.07) is 17.7. The van der Waals surface area contributed by atoms with Crippen molar-refractivity contribution in [3.63, 3.8) is 0 Å². The molecule has 18 heteroatoms. The largest absolute Gasteiger partial charge is 0.474 e. The number of fused-ring (bicyclic) bond motifs is 1. The molecule has 1 saturated heterocycles. The van der Waals surface area contributed by atoms with Gasteiger partial charge in [-0.2, -0.15) is 18.3 Å². The molecule has 7 rings (SSSR count). The van der Waals surface area contributed by atoms with Crippen LogP contribution in [0.5, 0.6) is 17.4 Å². The number of aromatic nitrogens is 3. The van der Waals surface area contributed by atoms with Gasteiger partial charge in [0, 0.05) is 62.5 Å². The number of nitrogens with zero attached hydrogens (tertiary/aromatic N) is 2. The van der Waals surface area contributed by atoms with Crippen molar-refractivity contribution in [3.8, 4) is 17.4 Å². The van der Waals surface area contributed by atoms with Gasteiger partial charge in [0.25, 0.3) is 15.9 Å². The van der Waals surface area contributed by atoms with E-state index in [1.807, 2.05) is 16.9 Å². The smallest absolute Gasteiger partial charge is 0.421 e. The SMILES string of the molecule is CC1(C)CCC(CNCCNc2ccc(C(=O)NS(=O)(=O)c3cnc(OCC4(F)CCOCC4)c(C(F)(F)F)c3)c(Oc3cccc4[nH]ncc34)c2)=C(c2ccc(Cl)cc2)C1. The second-order valence-electron chi connectivity index (χ2n) is 15.9. The van der Waals surface area contributed by atoms with Crippen molar-refractivity contribution in [2.75, 3.05) is 44.8 Å². The van der Waals surface area contributed by atoms with Crippen LogP contribution in [0.2, 0.25) is 5.02 Å². The Balaban J connectivity index is 1.07. The highest BCUT2D eigenvalue weighted by Gasteiger charge is 2.39. The summed E-state index contributed by atoms with van der Waals surface area (Å²) in [6.45, 7) is 5.70. The molecule has 61 heavy (non-hydrogen) atoms. The van der Waals surface area contributed by atoms with E-state index in [9.17, 15) is 26.4 Å². The minimum Gasteiger partial charge on any atom is -0.474 e. The Hall–Kier alpha value is -5.23. The van der Waals surface area contributed by atoms with Crippen LogP contribution in [0.25, 0.3) is 16.5 Å². The average Bonchev–Trinajstić information content (AvgIpc) is 3.71. The molecule has 0 spiro atoms. The molecule has 12 nitrogen and oxygen atoms in total. The third-order valence-electron chi connectivity index (χ3n) is 10.8. The lowest BCUT2D eigenvalue weighted by Gasteiger charge is -2.34. The highest BCUT2D eigenvalue weighted by atomic mass is 35.5. The molecule has 1 aliphatic carbocycles. The molecule has 3 heterocycles. The predicted molar refractivity (Wildman–Crippen MR) is 223 cm³/mol. The van der Waals surface area contributed by atoms with Crippen LogP contribution in [0.1, 0.15) is 67.4 Å². The van der Waals surface area contributed by atoms with Gasteiger partial charge in [-0.3, -0.25) is 9.89 Å². The van der Waals surface area contributed by atoms with Gasteiger partial charge in [-0.05, 0) is 78.3 Å². The quantitative estimate of drug-likeness (QED) is 0.0591. The standard InChI is InChI=1S/C43H45ClF4N6O6S/c1-41(2)13-12-28(33(22-41)27-6-8-29(44)9-7-27)23-49-16-17-50-30-10-11-32(38(20-30)60-37-5-3-4-36-34(37)25-52-53-36)39(55)54-61(56,57)31-21-35(43(46,47)48)40(51-24-31)59-26-42(45)14-18-58-19-15-42/h3-11,20-21,24-25,49-50H,12-19,22-23,26H2,1-2H3,(H,52,53)(H,54,55). The van der Waals surface area contributed by atoms with E-state index >= 15 is 4.39 Å². The van der Waals surface area contributed by atoms with E-state index in [0.29, 0.717) is 53.2 Å². The summed E-state index contributed by atoms with van der Waals surface area (Å²) in [5.74, 6) is -1.93. The number of carbonyl (C=O) groups excluding carboxylic acids is 1. The minimum absolute atomic E-state index is 0.0481. The zero-order chi connectivity index (χ0) is 43.4. The second-order valence-corrected chi connectivity index (χ2v) is 18.1. The lowest BCUT2D eigenvalue weighted by molar-refractivity contribution is -0.140. The lowest BCUT2D eigenvalue weighted by Crippen LogP contribution is -2.38. The number of halogens is 5. The van der Waals surface area contributed by atoms with Crippen LogP contribution in [0.4, 0.5) is 23.2 Å². The highest BCUT2D eigenvalue weighted by molar-refractivity contribution is 7.90. The van der Waals surface area contributed by atoms with Gasteiger partial charge in [-0.1, -0.05) is 49.2 Å². The zero-order valence-electron chi connectivity index (χ0n) is 33.4. The molecule has 0 unspecified atom stereocenters. The molecule has 324 valence electrons. The minimum atomic E-state index is -5.13. The van der Waals surface area contributed by atoms with Crippen molar-refractivity contribution in [3.05, 3.63) is 106 Å². The summed E-state index contributed by atoms with van der Waals surface area (Å²) in [4.78, 5) is 16.3. The predicted octanol–water partition coefficient (Wildman–Crippen LogP) is 9.10. The van der Waals surface area contributed by atoms with Crippen LogP contribution in [0, 0.1) is 5.41 Å². The number of hydrogen-bond acceptors (Lipinski definition) is 10. The topological polar surface area (TPSA) is 157 Å². The number of sulfonamides is 1. The zero-order valence-corrected chi connectivity index (χ0v) is 35.0. The number of ether oxygens (including phenoxy) is 3. The van der Waals surface area contributed by atoms with E-state index in [0.717, 1.165) is 24.8 Å². The van der Waals surface area contributed by atoms with Crippen molar-refractivity contribution >= 4 is 49.7 Å². The van der Waals surface area contributed by atoms with E-state index in [1.165, 1.54) is 29.5 Å². The third-order valence-corrected chi connectivity index (χ3v) is 12.3. The van der Waals surface area contributed by atoms with Crippen LogP contribution in [0.3, 0.4) is 0 Å². The maximum absolute atomic E-state index is 15.1. The van der Waals surface area contributed by atoms with E-state index in [2.05, 4.69) is 51.8 Å². The van der Waals surface area contributed by atoms with Gasteiger partial charge in [0.05, 0.1) is 28.9 Å². The first kappa shape index (κ1) is 43.8. The lowest BCUT2D eigenvalue weighted by atomic mass is 9.72. The molecule has 0 bridgehead atoms. The van der Waals surface area contributed by atoms with Crippen molar-refractivity contribution in [1.29, 1.82) is 0 Å². The number of hydrogen-bond donors (Lipinski definition) is 4. The van der Waals surface area contributed by atoms with Crippen LogP contribution >= 0.6 is 11.6 Å². The van der Waals surface area contributed by atoms with Crippen LogP contribution < -0.4 is 24.8 Å². The number of pyridine rings is 1. The van der Waals surface area contributed by atoms with Gasteiger partial charge < -0.3 is 24.8 Å². The first-order valence-corrected chi connectivity index (χ1v) is 21.5. The summed E-state index contributed by atoms with van der Waals surface area (Å²) in [7, 11) is -4.95. The van der Waals surface area contributed by atoms with Gasteiger partial charge >= 0.3 is 6.18 Å². The fourth-order valence-electron chi connectivity index (χ4n) is 7.29. The Morgan fingerprint density at radius 3 is 2.51 bits per heavy atom. The van der Waals surface area contributed by atoms with Gasteiger partial charge in [-0.25, -0.2) is 22.5 Å². The van der Waals surface area contributed by atoms with Crippen molar-refractivity contribution < 1.29 is 45.0 Å². The fraction of sp³-hybridized carbons (Fsp3) is 0.372. The van der Waals surface area contributed by atoms with Gasteiger partial charge in [-0.15, -0.1) is 0 Å². The normalized spacial score (nSPS) is 16.6. The summed E-state index contributed by atoms with van der Waals surface area (Å²) in [6.07, 6.45) is -0.186. The number of amides is 1. The number of allylic oxidation sites excluding steroid dienone is 1. The molecule has 1 aliphatic heterocycles. The Kier molecular flexibility index (Phi) is 12.9. The summed E-state index contributed by atoms with van der Waals surface area (Å²) in [5, 5.41) is 15.0. The van der Waals surface area contributed by atoms with Gasteiger partial charge in [0.15, 0.2) is 0 Å².